The maximum absolute atomic E-state index is 13.0. The molecule has 30 heavy (non-hydrogen) atoms. The van der Waals surface area contributed by atoms with E-state index in [0.29, 0.717) is 5.56 Å². The summed E-state index contributed by atoms with van der Waals surface area (Å²) in [5, 5.41) is 0. The van der Waals surface area contributed by atoms with Crippen molar-refractivity contribution in [3.63, 3.8) is 0 Å². The first-order valence-electron chi connectivity index (χ1n) is 9.13. The SMILES string of the molecule is COC(=O)c1ccc(C(=O)OCC(=O)N2c3ccccc3Sc3ccccc32)cc1. The summed E-state index contributed by atoms with van der Waals surface area (Å²) in [6, 6.07) is 21.1. The lowest BCUT2D eigenvalue weighted by Gasteiger charge is -2.30. The lowest BCUT2D eigenvalue weighted by atomic mass is 10.1. The Morgan fingerprint density at radius 2 is 1.27 bits per heavy atom. The highest BCUT2D eigenvalue weighted by molar-refractivity contribution is 7.99. The molecule has 0 saturated heterocycles. The van der Waals surface area contributed by atoms with Gasteiger partial charge in [0.15, 0.2) is 6.61 Å². The largest absolute Gasteiger partial charge is 0.465 e. The molecule has 7 heteroatoms. The van der Waals surface area contributed by atoms with E-state index in [1.165, 1.54) is 31.4 Å². The molecule has 0 fully saturated rings. The zero-order valence-corrected chi connectivity index (χ0v) is 16.8. The van der Waals surface area contributed by atoms with Gasteiger partial charge in [0, 0.05) is 9.79 Å². The van der Waals surface area contributed by atoms with Gasteiger partial charge in [-0.2, -0.15) is 0 Å². The Morgan fingerprint density at radius 3 is 1.80 bits per heavy atom. The fraction of sp³-hybridized carbons (Fsp3) is 0.0870. The molecular formula is C23H17NO5S. The van der Waals surface area contributed by atoms with Crippen LogP contribution in [0.15, 0.2) is 82.6 Å². The van der Waals surface area contributed by atoms with Crippen molar-refractivity contribution in [1.29, 1.82) is 0 Å². The fourth-order valence-electron chi connectivity index (χ4n) is 3.11. The first-order chi connectivity index (χ1) is 14.6. The molecule has 0 N–H and O–H groups in total. The number of anilines is 2. The third-order valence-corrected chi connectivity index (χ3v) is 5.68. The molecule has 1 amide bonds. The monoisotopic (exact) mass is 419 g/mol. The van der Waals surface area contributed by atoms with Crippen molar-refractivity contribution in [2.45, 2.75) is 9.79 Å². The maximum atomic E-state index is 13.0. The number of carbonyl (C=O) groups excluding carboxylic acids is 3. The van der Waals surface area contributed by atoms with Crippen LogP contribution in [0.1, 0.15) is 20.7 Å². The maximum Gasteiger partial charge on any atom is 0.338 e. The molecule has 0 saturated carbocycles. The second-order valence-corrected chi connectivity index (χ2v) is 7.50. The summed E-state index contributed by atoms with van der Waals surface area (Å²) in [5.41, 5.74) is 2.07. The van der Waals surface area contributed by atoms with E-state index in [9.17, 15) is 14.4 Å². The molecule has 0 aromatic heterocycles. The van der Waals surface area contributed by atoms with E-state index in [1.807, 2.05) is 48.5 Å². The van der Waals surface area contributed by atoms with Crippen LogP contribution in [0.5, 0.6) is 0 Å². The Hall–Kier alpha value is -3.58. The van der Waals surface area contributed by atoms with Gasteiger partial charge in [-0.25, -0.2) is 9.59 Å². The van der Waals surface area contributed by atoms with Crippen molar-refractivity contribution in [1.82, 2.24) is 0 Å². The van der Waals surface area contributed by atoms with Crippen LogP contribution in [0.2, 0.25) is 0 Å². The highest BCUT2D eigenvalue weighted by atomic mass is 32.2. The van der Waals surface area contributed by atoms with Crippen LogP contribution in [0, 0.1) is 0 Å². The summed E-state index contributed by atoms with van der Waals surface area (Å²) < 4.78 is 9.88. The van der Waals surface area contributed by atoms with Gasteiger partial charge in [-0.1, -0.05) is 36.0 Å². The van der Waals surface area contributed by atoms with Gasteiger partial charge >= 0.3 is 11.9 Å². The van der Waals surface area contributed by atoms with Crippen molar-refractivity contribution < 1.29 is 23.9 Å². The molecule has 4 rings (SSSR count). The van der Waals surface area contributed by atoms with Gasteiger partial charge in [0.1, 0.15) is 0 Å². The van der Waals surface area contributed by atoms with Crippen LogP contribution in [-0.4, -0.2) is 31.6 Å². The number of benzene rings is 3. The van der Waals surface area contributed by atoms with Gasteiger partial charge in [0.05, 0.1) is 29.6 Å². The number of esters is 2. The van der Waals surface area contributed by atoms with E-state index in [1.54, 1.807) is 16.7 Å². The quantitative estimate of drug-likeness (QED) is 0.582. The third kappa shape index (κ3) is 3.79. The molecule has 0 radical (unpaired) electrons. The van der Waals surface area contributed by atoms with Gasteiger partial charge in [0.2, 0.25) is 0 Å². The number of methoxy groups -OCH3 is 1. The number of amides is 1. The Labute approximate surface area is 177 Å². The molecule has 3 aromatic rings. The molecular weight excluding hydrogens is 402 g/mol. The lowest BCUT2D eigenvalue weighted by molar-refractivity contribution is -0.121. The van der Waals surface area contributed by atoms with E-state index in [-0.39, 0.29) is 11.5 Å². The molecule has 1 heterocycles. The molecule has 0 bridgehead atoms. The van der Waals surface area contributed by atoms with Crippen LogP contribution in [0.25, 0.3) is 0 Å². The van der Waals surface area contributed by atoms with Crippen molar-refractivity contribution in [2.75, 3.05) is 18.6 Å². The van der Waals surface area contributed by atoms with Crippen molar-refractivity contribution in [3.05, 3.63) is 83.9 Å². The Morgan fingerprint density at radius 1 is 0.767 bits per heavy atom. The minimum atomic E-state index is -0.646. The number of fused-ring (bicyclic) bond motifs is 2. The first-order valence-corrected chi connectivity index (χ1v) is 9.94. The number of ether oxygens (including phenoxy) is 2. The molecule has 0 atom stereocenters. The minimum absolute atomic E-state index is 0.241. The van der Waals surface area contributed by atoms with Crippen LogP contribution in [0.3, 0.4) is 0 Å². The number of para-hydroxylation sites is 2. The minimum Gasteiger partial charge on any atom is -0.465 e. The van der Waals surface area contributed by atoms with Gasteiger partial charge in [0.25, 0.3) is 5.91 Å². The number of rotatable bonds is 4. The summed E-state index contributed by atoms with van der Waals surface area (Å²) in [7, 11) is 1.28. The van der Waals surface area contributed by atoms with E-state index in [4.69, 9.17) is 4.74 Å². The lowest BCUT2D eigenvalue weighted by Crippen LogP contribution is -2.32. The predicted molar refractivity (Wildman–Crippen MR) is 112 cm³/mol. The number of hydrogen-bond donors (Lipinski definition) is 0. The smallest absolute Gasteiger partial charge is 0.338 e. The Balaban J connectivity index is 1.51. The van der Waals surface area contributed by atoms with E-state index in [0.717, 1.165) is 21.2 Å². The van der Waals surface area contributed by atoms with Crippen molar-refractivity contribution in [2.24, 2.45) is 0 Å². The van der Waals surface area contributed by atoms with Gasteiger partial charge in [-0.05, 0) is 48.5 Å². The van der Waals surface area contributed by atoms with Gasteiger partial charge in [-0.15, -0.1) is 0 Å². The van der Waals surface area contributed by atoms with Gasteiger partial charge < -0.3 is 9.47 Å². The zero-order chi connectivity index (χ0) is 21.1. The van der Waals surface area contributed by atoms with Crippen molar-refractivity contribution in [3.8, 4) is 0 Å². The average molecular weight is 419 g/mol. The van der Waals surface area contributed by atoms with Crippen LogP contribution >= 0.6 is 11.8 Å². The highest BCUT2D eigenvalue weighted by Crippen LogP contribution is 2.47. The number of carbonyl (C=O) groups is 3. The highest BCUT2D eigenvalue weighted by Gasteiger charge is 2.28. The second-order valence-electron chi connectivity index (χ2n) is 6.41. The second kappa shape index (κ2) is 8.42. The van der Waals surface area contributed by atoms with Crippen LogP contribution < -0.4 is 4.90 Å². The third-order valence-electron chi connectivity index (χ3n) is 4.55. The molecule has 0 aliphatic carbocycles. The summed E-state index contributed by atoms with van der Waals surface area (Å²) >= 11 is 1.59. The summed E-state index contributed by atoms with van der Waals surface area (Å²) in [6.07, 6.45) is 0. The summed E-state index contributed by atoms with van der Waals surface area (Å²) in [6.45, 7) is -0.412. The molecule has 6 nitrogen and oxygen atoms in total. The Kier molecular flexibility index (Phi) is 5.54. The average Bonchev–Trinajstić information content (AvgIpc) is 2.80. The van der Waals surface area contributed by atoms with Gasteiger partial charge in [-0.3, -0.25) is 9.69 Å². The zero-order valence-electron chi connectivity index (χ0n) is 16.0. The molecule has 0 unspecified atom stereocenters. The predicted octanol–water partition coefficient (Wildman–Crippen LogP) is 4.46. The number of nitrogens with zero attached hydrogens (tertiary/aromatic N) is 1. The molecule has 1 aliphatic heterocycles. The fourth-order valence-corrected chi connectivity index (χ4v) is 4.17. The molecule has 0 spiro atoms. The van der Waals surface area contributed by atoms with Crippen LogP contribution in [0.4, 0.5) is 11.4 Å². The normalized spacial score (nSPS) is 11.8. The first kappa shape index (κ1) is 19.7. The number of hydrogen-bond acceptors (Lipinski definition) is 6. The van der Waals surface area contributed by atoms with Crippen molar-refractivity contribution >= 4 is 41.0 Å². The summed E-state index contributed by atoms with van der Waals surface area (Å²) in [4.78, 5) is 40.4. The van der Waals surface area contributed by atoms with Crippen LogP contribution in [-0.2, 0) is 14.3 Å². The topological polar surface area (TPSA) is 72.9 Å². The van der Waals surface area contributed by atoms with E-state index in [2.05, 4.69) is 4.74 Å². The summed E-state index contributed by atoms with van der Waals surface area (Å²) in [5.74, 6) is -1.49. The standard InChI is InChI=1S/C23H17NO5S/c1-28-22(26)15-10-12-16(13-11-15)23(27)29-14-21(25)24-17-6-2-4-8-19(17)30-20-9-5-3-7-18(20)24/h2-13H,14H2,1H3. The Bertz CT molecular complexity index is 1080. The van der Waals surface area contributed by atoms with E-state index >= 15 is 0 Å². The molecule has 1 aliphatic rings. The molecule has 3 aromatic carbocycles. The molecule has 150 valence electrons. The van der Waals surface area contributed by atoms with E-state index < -0.39 is 18.5 Å².